The average Bonchev–Trinajstić information content (AvgIpc) is 3.08. The number of amides is 1. The largest absolute Gasteiger partial charge is 0.420 e. The van der Waals surface area contributed by atoms with Gasteiger partial charge < -0.3 is 13.9 Å². The number of fused-ring (bicyclic) bond motifs is 1. The van der Waals surface area contributed by atoms with E-state index in [1.807, 2.05) is 39.8 Å². The van der Waals surface area contributed by atoms with Gasteiger partial charge in [0, 0.05) is 30.9 Å². The molecule has 3 heterocycles. The van der Waals surface area contributed by atoms with Crippen molar-refractivity contribution in [3.8, 4) is 11.6 Å². The monoisotopic (exact) mass is 338 g/mol. The summed E-state index contributed by atoms with van der Waals surface area (Å²) < 4.78 is 7.61. The molecule has 4 rings (SSSR count). The minimum atomic E-state index is 0.153. The van der Waals surface area contributed by atoms with Crippen LogP contribution in [-0.4, -0.2) is 38.7 Å². The molecule has 6 heteroatoms. The van der Waals surface area contributed by atoms with Crippen LogP contribution in [0.3, 0.4) is 0 Å². The molecule has 6 nitrogen and oxygen atoms in total. The standard InChI is InChI=1S/C19H22N4O2/c1-14-20-21-19(25-14)17-12-15-8-4-5-9-16(15)23(17)13-18(24)22-10-6-2-3-7-11-22/h4-5,8-9,12H,2-3,6-7,10-11,13H2,1H3. The minimum absolute atomic E-state index is 0.153. The molecule has 0 N–H and O–H groups in total. The van der Waals surface area contributed by atoms with E-state index in [1.165, 1.54) is 12.8 Å². The number of benzene rings is 1. The molecule has 0 atom stereocenters. The molecule has 0 aliphatic carbocycles. The number of rotatable bonds is 3. The Balaban J connectivity index is 1.71. The maximum absolute atomic E-state index is 12.9. The summed E-state index contributed by atoms with van der Waals surface area (Å²) in [6.07, 6.45) is 4.60. The highest BCUT2D eigenvalue weighted by Gasteiger charge is 2.21. The van der Waals surface area contributed by atoms with Crippen molar-refractivity contribution in [1.82, 2.24) is 19.7 Å². The first kappa shape index (κ1) is 15.9. The van der Waals surface area contributed by atoms with Crippen LogP contribution in [0.4, 0.5) is 0 Å². The Morgan fingerprint density at radius 2 is 1.88 bits per heavy atom. The van der Waals surface area contributed by atoms with Gasteiger partial charge in [-0.05, 0) is 25.0 Å². The predicted molar refractivity (Wildman–Crippen MR) is 95.0 cm³/mol. The molecular formula is C19H22N4O2. The molecular weight excluding hydrogens is 316 g/mol. The third-order valence-corrected chi connectivity index (χ3v) is 4.81. The maximum Gasteiger partial charge on any atom is 0.264 e. The zero-order valence-electron chi connectivity index (χ0n) is 14.4. The normalized spacial score (nSPS) is 15.5. The molecule has 1 aromatic carbocycles. The molecule has 1 fully saturated rings. The van der Waals surface area contributed by atoms with Crippen molar-refractivity contribution in [2.45, 2.75) is 39.2 Å². The Kier molecular flexibility index (Phi) is 4.26. The zero-order valence-corrected chi connectivity index (χ0v) is 14.4. The number of aryl methyl sites for hydroxylation is 1. The summed E-state index contributed by atoms with van der Waals surface area (Å²) in [5.74, 6) is 1.13. The van der Waals surface area contributed by atoms with Crippen LogP contribution < -0.4 is 0 Å². The topological polar surface area (TPSA) is 64.2 Å². The summed E-state index contributed by atoms with van der Waals surface area (Å²) in [6.45, 7) is 3.77. The van der Waals surface area contributed by atoms with E-state index in [0.717, 1.165) is 42.5 Å². The molecule has 1 amide bonds. The summed E-state index contributed by atoms with van der Waals surface area (Å²) in [5.41, 5.74) is 1.81. The third kappa shape index (κ3) is 3.16. The number of carbonyl (C=O) groups is 1. The predicted octanol–water partition coefficient (Wildman–Crippen LogP) is 3.40. The van der Waals surface area contributed by atoms with E-state index in [-0.39, 0.29) is 5.91 Å². The number of nitrogens with zero attached hydrogens (tertiary/aromatic N) is 4. The van der Waals surface area contributed by atoms with Crippen LogP contribution in [-0.2, 0) is 11.3 Å². The quantitative estimate of drug-likeness (QED) is 0.734. The first-order valence-corrected chi connectivity index (χ1v) is 8.89. The lowest BCUT2D eigenvalue weighted by molar-refractivity contribution is -0.131. The summed E-state index contributed by atoms with van der Waals surface area (Å²) in [4.78, 5) is 14.9. The van der Waals surface area contributed by atoms with Crippen LogP contribution in [0.5, 0.6) is 0 Å². The van der Waals surface area contributed by atoms with Crippen LogP contribution in [0.2, 0.25) is 0 Å². The van der Waals surface area contributed by atoms with Crippen molar-refractivity contribution in [1.29, 1.82) is 0 Å². The Bertz CT molecular complexity index is 888. The molecule has 0 spiro atoms. The van der Waals surface area contributed by atoms with Gasteiger partial charge in [-0.3, -0.25) is 4.79 Å². The van der Waals surface area contributed by atoms with Crippen molar-refractivity contribution in [3.63, 3.8) is 0 Å². The summed E-state index contributed by atoms with van der Waals surface area (Å²) in [6, 6.07) is 10.1. The number of para-hydroxylation sites is 1. The van der Waals surface area contributed by atoms with E-state index in [9.17, 15) is 4.79 Å². The zero-order chi connectivity index (χ0) is 17.2. The first-order valence-electron chi connectivity index (χ1n) is 8.89. The third-order valence-electron chi connectivity index (χ3n) is 4.81. The molecule has 1 aliphatic rings. The van der Waals surface area contributed by atoms with Crippen LogP contribution >= 0.6 is 0 Å². The minimum Gasteiger partial charge on any atom is -0.420 e. The van der Waals surface area contributed by atoms with Gasteiger partial charge in [0.05, 0.1) is 0 Å². The molecule has 0 unspecified atom stereocenters. The van der Waals surface area contributed by atoms with E-state index in [0.29, 0.717) is 18.3 Å². The second kappa shape index (κ2) is 6.70. The molecule has 1 saturated heterocycles. The van der Waals surface area contributed by atoms with E-state index in [2.05, 4.69) is 10.2 Å². The molecule has 0 bridgehead atoms. The van der Waals surface area contributed by atoms with Gasteiger partial charge in [-0.15, -0.1) is 10.2 Å². The van der Waals surface area contributed by atoms with Gasteiger partial charge in [0.15, 0.2) is 0 Å². The van der Waals surface area contributed by atoms with E-state index >= 15 is 0 Å². The van der Waals surface area contributed by atoms with Crippen LogP contribution in [0.1, 0.15) is 31.6 Å². The fourth-order valence-corrected chi connectivity index (χ4v) is 3.51. The smallest absolute Gasteiger partial charge is 0.264 e. The average molecular weight is 338 g/mol. The van der Waals surface area contributed by atoms with Crippen LogP contribution in [0, 0.1) is 6.92 Å². The highest BCUT2D eigenvalue weighted by Crippen LogP contribution is 2.27. The van der Waals surface area contributed by atoms with Crippen molar-refractivity contribution in [2.24, 2.45) is 0 Å². The maximum atomic E-state index is 12.9. The van der Waals surface area contributed by atoms with Gasteiger partial charge in [0.25, 0.3) is 5.89 Å². The second-order valence-corrected chi connectivity index (χ2v) is 6.60. The molecule has 2 aromatic heterocycles. The molecule has 0 saturated carbocycles. The molecule has 0 radical (unpaired) electrons. The SMILES string of the molecule is Cc1nnc(-c2cc3ccccc3n2CC(=O)N2CCCCCC2)o1. The van der Waals surface area contributed by atoms with Crippen molar-refractivity contribution >= 4 is 16.8 Å². The highest BCUT2D eigenvalue weighted by atomic mass is 16.4. The van der Waals surface area contributed by atoms with Gasteiger partial charge in [0.1, 0.15) is 12.2 Å². The second-order valence-electron chi connectivity index (χ2n) is 6.60. The molecule has 1 aliphatic heterocycles. The number of likely N-dealkylation sites (tertiary alicyclic amines) is 1. The summed E-state index contributed by atoms with van der Waals surface area (Å²) >= 11 is 0. The number of aromatic nitrogens is 3. The Morgan fingerprint density at radius 3 is 2.60 bits per heavy atom. The summed E-state index contributed by atoms with van der Waals surface area (Å²) in [7, 11) is 0. The van der Waals surface area contributed by atoms with Crippen LogP contribution in [0.25, 0.3) is 22.5 Å². The van der Waals surface area contributed by atoms with E-state index in [1.54, 1.807) is 6.92 Å². The number of hydrogen-bond acceptors (Lipinski definition) is 4. The lowest BCUT2D eigenvalue weighted by Gasteiger charge is -2.21. The Hall–Kier alpha value is -2.63. The van der Waals surface area contributed by atoms with Gasteiger partial charge in [-0.1, -0.05) is 31.0 Å². The fraction of sp³-hybridized carbons (Fsp3) is 0.421. The number of hydrogen-bond donors (Lipinski definition) is 0. The first-order chi connectivity index (χ1) is 12.2. The summed E-state index contributed by atoms with van der Waals surface area (Å²) in [5, 5.41) is 9.14. The molecule has 130 valence electrons. The van der Waals surface area contributed by atoms with Crippen molar-refractivity contribution in [2.75, 3.05) is 13.1 Å². The highest BCUT2D eigenvalue weighted by molar-refractivity contribution is 5.88. The lowest BCUT2D eigenvalue weighted by Crippen LogP contribution is -2.34. The van der Waals surface area contributed by atoms with Crippen molar-refractivity contribution in [3.05, 3.63) is 36.2 Å². The van der Waals surface area contributed by atoms with Crippen molar-refractivity contribution < 1.29 is 9.21 Å². The van der Waals surface area contributed by atoms with E-state index in [4.69, 9.17) is 4.42 Å². The van der Waals surface area contributed by atoms with Gasteiger partial charge in [-0.25, -0.2) is 0 Å². The fourth-order valence-electron chi connectivity index (χ4n) is 3.51. The number of carbonyl (C=O) groups excluding carboxylic acids is 1. The Morgan fingerprint density at radius 1 is 1.12 bits per heavy atom. The van der Waals surface area contributed by atoms with Gasteiger partial charge >= 0.3 is 0 Å². The molecule has 25 heavy (non-hydrogen) atoms. The lowest BCUT2D eigenvalue weighted by atomic mass is 10.2. The Labute approximate surface area is 146 Å². The van der Waals surface area contributed by atoms with Gasteiger partial charge in [0.2, 0.25) is 11.8 Å². The molecule has 3 aromatic rings. The van der Waals surface area contributed by atoms with Crippen LogP contribution in [0.15, 0.2) is 34.7 Å². The van der Waals surface area contributed by atoms with Gasteiger partial charge in [-0.2, -0.15) is 0 Å². The van der Waals surface area contributed by atoms with E-state index < -0.39 is 0 Å².